The molecule has 1 saturated heterocycles. The number of rotatable bonds is 6. The summed E-state index contributed by atoms with van der Waals surface area (Å²) in [6.07, 6.45) is 0.527. The van der Waals surface area contributed by atoms with Gasteiger partial charge in [-0.15, -0.1) is 0 Å². The highest BCUT2D eigenvalue weighted by atomic mass is 16.5. The number of phenolic OH excluding ortho intramolecular Hbond substituents is 1. The number of phenols is 1. The van der Waals surface area contributed by atoms with E-state index in [9.17, 15) is 9.90 Å². The number of hydrogen-bond acceptors (Lipinski definition) is 6. The molecule has 4 aromatic rings. The maximum atomic E-state index is 12.2. The van der Waals surface area contributed by atoms with E-state index in [1.165, 1.54) is 0 Å². The summed E-state index contributed by atoms with van der Waals surface area (Å²) in [4.78, 5) is 24.0. The highest BCUT2D eigenvalue weighted by Crippen LogP contribution is 2.33. The molecule has 35 heavy (non-hydrogen) atoms. The Labute approximate surface area is 208 Å². The number of fused-ring (bicyclic) bond motifs is 1. The lowest BCUT2D eigenvalue weighted by Crippen LogP contribution is -2.31. The number of aryl methyl sites for hydroxylation is 1. The van der Waals surface area contributed by atoms with E-state index in [0.29, 0.717) is 17.9 Å². The van der Waals surface area contributed by atoms with Gasteiger partial charge in [0.15, 0.2) is 5.82 Å². The molecule has 184 valence electrons. The van der Waals surface area contributed by atoms with Crippen molar-refractivity contribution in [2.24, 2.45) is 5.92 Å². The van der Waals surface area contributed by atoms with Gasteiger partial charge in [0, 0.05) is 29.3 Å². The normalized spacial score (nSPS) is 15.3. The van der Waals surface area contributed by atoms with Gasteiger partial charge in [-0.05, 0) is 54.7 Å². The van der Waals surface area contributed by atoms with Crippen molar-refractivity contribution in [2.45, 2.75) is 20.0 Å². The van der Waals surface area contributed by atoms with Gasteiger partial charge in [0.25, 0.3) is 0 Å². The number of anilines is 1. The highest BCUT2D eigenvalue weighted by molar-refractivity contribution is 5.92. The standard InChI is InChI=1S/C28H28N4O3.3H2/c1-19-11-12-22-24(15-19)30-26(23-9-5-6-10-25(23)33)31-27(22)32-14-13-21(17-32)16-29-28(34)35-18-20-7-3-2-4-8-20;;;/h2-12,15,21,33H,13-14,16-18H2,1H3,(H,29,34);3*1H/t21-;;;/m0.../s1. The highest BCUT2D eigenvalue weighted by Gasteiger charge is 2.26. The summed E-state index contributed by atoms with van der Waals surface area (Å²) in [6.45, 7) is 4.42. The molecular formula is C28H34N4O3. The fraction of sp³-hybridized carbons (Fsp3) is 0.250. The Morgan fingerprint density at radius 1 is 1.11 bits per heavy atom. The van der Waals surface area contributed by atoms with E-state index in [1.54, 1.807) is 12.1 Å². The van der Waals surface area contributed by atoms with Gasteiger partial charge in [-0.25, -0.2) is 14.8 Å². The second-order valence-corrected chi connectivity index (χ2v) is 8.95. The van der Waals surface area contributed by atoms with Crippen molar-refractivity contribution in [1.29, 1.82) is 0 Å². The molecular weight excluding hydrogens is 440 g/mol. The van der Waals surface area contributed by atoms with Crippen LogP contribution >= 0.6 is 0 Å². The van der Waals surface area contributed by atoms with Gasteiger partial charge in [0.1, 0.15) is 18.2 Å². The molecule has 0 saturated carbocycles. The molecule has 2 heterocycles. The Kier molecular flexibility index (Phi) is 6.48. The molecule has 1 aromatic heterocycles. The summed E-state index contributed by atoms with van der Waals surface area (Å²) in [5, 5.41) is 14.3. The van der Waals surface area contributed by atoms with Gasteiger partial charge in [-0.3, -0.25) is 0 Å². The van der Waals surface area contributed by atoms with Crippen LogP contribution in [0.15, 0.2) is 72.8 Å². The zero-order valence-corrected chi connectivity index (χ0v) is 19.6. The van der Waals surface area contributed by atoms with E-state index in [2.05, 4.69) is 22.3 Å². The summed E-state index contributed by atoms with van der Waals surface area (Å²) >= 11 is 0. The molecule has 0 aliphatic carbocycles. The third-order valence-corrected chi connectivity index (χ3v) is 6.31. The fourth-order valence-electron chi connectivity index (χ4n) is 4.44. The molecule has 7 heteroatoms. The van der Waals surface area contributed by atoms with E-state index in [4.69, 9.17) is 14.7 Å². The van der Waals surface area contributed by atoms with Crippen molar-refractivity contribution in [3.63, 3.8) is 0 Å². The van der Waals surface area contributed by atoms with Crippen molar-refractivity contribution in [2.75, 3.05) is 24.5 Å². The maximum Gasteiger partial charge on any atom is 0.407 e. The second-order valence-electron chi connectivity index (χ2n) is 8.95. The number of nitrogens with one attached hydrogen (secondary N) is 1. The van der Waals surface area contributed by atoms with Crippen LogP contribution in [-0.4, -0.2) is 40.8 Å². The number of hydrogen-bond donors (Lipinski definition) is 2. The van der Waals surface area contributed by atoms with Crippen molar-refractivity contribution in [3.05, 3.63) is 83.9 Å². The Bertz CT molecular complexity index is 1360. The SMILES string of the molecule is Cc1ccc2c(N3CC[C@@H](CNC(=O)OCc4ccccc4)C3)nc(-c3ccccc3O)nc2c1.[HH].[HH].[HH]. The minimum Gasteiger partial charge on any atom is -0.507 e. The van der Waals surface area contributed by atoms with Crippen LogP contribution in [-0.2, 0) is 11.3 Å². The second kappa shape index (κ2) is 10.0. The molecule has 5 rings (SSSR count). The number of benzene rings is 3. The zero-order valence-electron chi connectivity index (χ0n) is 19.6. The van der Waals surface area contributed by atoms with Gasteiger partial charge in [0.2, 0.25) is 0 Å². The zero-order chi connectivity index (χ0) is 24.2. The minimum atomic E-state index is -0.405. The Morgan fingerprint density at radius 3 is 2.74 bits per heavy atom. The Hall–Kier alpha value is -4.13. The molecule has 7 nitrogen and oxygen atoms in total. The summed E-state index contributed by atoms with van der Waals surface area (Å²) in [7, 11) is 0. The Balaban J connectivity index is 0.00000169. The van der Waals surface area contributed by atoms with Crippen molar-refractivity contribution in [1.82, 2.24) is 15.3 Å². The monoisotopic (exact) mass is 474 g/mol. The fourth-order valence-corrected chi connectivity index (χ4v) is 4.44. The largest absolute Gasteiger partial charge is 0.507 e. The third kappa shape index (κ3) is 5.19. The predicted octanol–water partition coefficient (Wildman–Crippen LogP) is 5.80. The van der Waals surface area contributed by atoms with E-state index < -0.39 is 6.09 Å². The summed E-state index contributed by atoms with van der Waals surface area (Å²) in [5.74, 6) is 1.79. The number of aromatic hydroxyl groups is 1. The lowest BCUT2D eigenvalue weighted by atomic mass is 10.1. The minimum absolute atomic E-state index is 0. The first-order chi connectivity index (χ1) is 17.1. The third-order valence-electron chi connectivity index (χ3n) is 6.31. The molecule has 0 unspecified atom stereocenters. The molecule has 2 N–H and O–H groups in total. The van der Waals surface area contributed by atoms with E-state index in [-0.39, 0.29) is 22.6 Å². The first kappa shape index (κ1) is 22.7. The van der Waals surface area contributed by atoms with Crippen LogP contribution in [0.2, 0.25) is 0 Å². The number of carbonyl (C=O) groups excluding carboxylic acids is 1. The van der Waals surface area contributed by atoms with Crippen LogP contribution in [0.25, 0.3) is 22.3 Å². The average Bonchev–Trinajstić information content (AvgIpc) is 3.35. The predicted molar refractivity (Wildman–Crippen MR) is 143 cm³/mol. The van der Waals surface area contributed by atoms with Crippen LogP contribution in [0.3, 0.4) is 0 Å². The van der Waals surface area contributed by atoms with Crippen LogP contribution in [0, 0.1) is 12.8 Å². The first-order valence-electron chi connectivity index (χ1n) is 11.8. The molecule has 1 aliphatic rings. The number of para-hydroxylation sites is 1. The molecule has 1 aliphatic heterocycles. The molecule has 1 atom stereocenters. The number of alkyl carbamates (subject to hydrolysis) is 1. The van der Waals surface area contributed by atoms with Gasteiger partial charge in [0.05, 0.1) is 11.1 Å². The number of ether oxygens (including phenoxy) is 1. The average molecular weight is 475 g/mol. The van der Waals surface area contributed by atoms with Crippen LogP contribution in [0.1, 0.15) is 21.8 Å². The molecule has 0 radical (unpaired) electrons. The Morgan fingerprint density at radius 2 is 1.91 bits per heavy atom. The van der Waals surface area contributed by atoms with Crippen molar-refractivity contribution >= 4 is 22.8 Å². The molecule has 1 amide bonds. The topological polar surface area (TPSA) is 87.6 Å². The molecule has 0 spiro atoms. The van der Waals surface area contributed by atoms with Crippen LogP contribution in [0.5, 0.6) is 5.75 Å². The maximum absolute atomic E-state index is 12.2. The summed E-state index contributed by atoms with van der Waals surface area (Å²) in [5.41, 5.74) is 3.53. The quantitative estimate of drug-likeness (QED) is 0.367. The van der Waals surface area contributed by atoms with E-state index >= 15 is 0 Å². The lowest BCUT2D eigenvalue weighted by molar-refractivity contribution is 0.138. The van der Waals surface area contributed by atoms with Crippen molar-refractivity contribution < 1.29 is 18.9 Å². The van der Waals surface area contributed by atoms with Crippen molar-refractivity contribution in [3.8, 4) is 17.1 Å². The number of carbonyl (C=O) groups is 1. The van der Waals surface area contributed by atoms with Gasteiger partial charge in [-0.1, -0.05) is 48.5 Å². The molecule has 0 bridgehead atoms. The summed E-state index contributed by atoms with van der Waals surface area (Å²) in [6, 6.07) is 22.9. The number of amides is 1. The van der Waals surface area contributed by atoms with E-state index in [0.717, 1.165) is 47.4 Å². The van der Waals surface area contributed by atoms with Crippen LogP contribution in [0.4, 0.5) is 10.6 Å². The van der Waals surface area contributed by atoms with Gasteiger partial charge >= 0.3 is 6.09 Å². The number of nitrogens with zero attached hydrogens (tertiary/aromatic N) is 3. The van der Waals surface area contributed by atoms with Crippen LogP contribution < -0.4 is 10.2 Å². The molecule has 3 aromatic carbocycles. The lowest BCUT2D eigenvalue weighted by Gasteiger charge is -2.21. The smallest absolute Gasteiger partial charge is 0.407 e. The van der Waals surface area contributed by atoms with E-state index in [1.807, 2.05) is 55.5 Å². The molecule has 1 fully saturated rings. The summed E-state index contributed by atoms with van der Waals surface area (Å²) < 4.78 is 5.34. The first-order valence-corrected chi connectivity index (χ1v) is 11.8. The van der Waals surface area contributed by atoms with Gasteiger partial charge in [-0.2, -0.15) is 0 Å². The number of aromatic nitrogens is 2. The van der Waals surface area contributed by atoms with Gasteiger partial charge < -0.3 is 20.1 Å².